The molecule has 0 radical (unpaired) electrons. The second-order valence-electron chi connectivity index (χ2n) is 3.25. The zero-order chi connectivity index (χ0) is 10.7. The molecule has 3 heteroatoms. The molecule has 0 amide bonds. The van der Waals surface area contributed by atoms with Crippen molar-refractivity contribution in [1.29, 1.82) is 0 Å². The molecule has 0 saturated carbocycles. The molecule has 1 rings (SSSR count). The molecular weight excluding hydrogens is 183 g/mol. The van der Waals surface area contributed by atoms with Gasteiger partial charge in [-0.05, 0) is 31.0 Å². The van der Waals surface area contributed by atoms with Gasteiger partial charge in [-0.2, -0.15) is 0 Å². The van der Waals surface area contributed by atoms with Gasteiger partial charge < -0.3 is 4.74 Å². The van der Waals surface area contributed by atoms with Crippen molar-refractivity contribution in [2.75, 3.05) is 7.11 Å². The van der Waals surface area contributed by atoms with Crippen molar-refractivity contribution in [1.82, 2.24) is 0 Å². The lowest BCUT2D eigenvalue weighted by molar-refractivity contribution is -0.141. The second-order valence-corrected chi connectivity index (χ2v) is 3.25. The van der Waals surface area contributed by atoms with E-state index in [2.05, 4.69) is 4.74 Å². The SMILES string of the molecule is COC(=O)C(C)c1ccc(C)c(F)c1. The molecule has 0 N–H and O–H groups in total. The largest absolute Gasteiger partial charge is 0.469 e. The lowest BCUT2D eigenvalue weighted by Gasteiger charge is -2.09. The van der Waals surface area contributed by atoms with Crippen LogP contribution in [0.1, 0.15) is 24.0 Å². The van der Waals surface area contributed by atoms with Gasteiger partial charge in [0, 0.05) is 0 Å². The standard InChI is InChI=1S/C11H13FO2/c1-7-4-5-9(6-10(7)12)8(2)11(13)14-3/h4-6,8H,1-3H3. The van der Waals surface area contributed by atoms with E-state index < -0.39 is 5.92 Å². The summed E-state index contributed by atoms with van der Waals surface area (Å²) in [7, 11) is 1.32. The number of aryl methyl sites for hydroxylation is 1. The molecule has 2 nitrogen and oxygen atoms in total. The molecule has 76 valence electrons. The highest BCUT2D eigenvalue weighted by Crippen LogP contribution is 2.19. The van der Waals surface area contributed by atoms with E-state index in [1.54, 1.807) is 26.0 Å². The van der Waals surface area contributed by atoms with Crippen LogP contribution < -0.4 is 0 Å². The molecule has 1 unspecified atom stereocenters. The van der Waals surface area contributed by atoms with Gasteiger partial charge in [-0.1, -0.05) is 12.1 Å². The summed E-state index contributed by atoms with van der Waals surface area (Å²) >= 11 is 0. The molecule has 0 spiro atoms. The van der Waals surface area contributed by atoms with E-state index in [-0.39, 0.29) is 11.8 Å². The molecule has 1 aromatic carbocycles. The fourth-order valence-electron chi connectivity index (χ4n) is 1.19. The number of benzene rings is 1. The molecule has 0 heterocycles. The van der Waals surface area contributed by atoms with Gasteiger partial charge in [0.25, 0.3) is 0 Å². The molecule has 0 aromatic heterocycles. The van der Waals surface area contributed by atoms with Gasteiger partial charge in [0.1, 0.15) is 5.82 Å². The van der Waals surface area contributed by atoms with Gasteiger partial charge in [0.15, 0.2) is 0 Å². The predicted molar refractivity (Wildman–Crippen MR) is 51.6 cm³/mol. The highest BCUT2D eigenvalue weighted by Gasteiger charge is 2.16. The summed E-state index contributed by atoms with van der Waals surface area (Å²) in [5, 5.41) is 0. The number of carbonyl (C=O) groups excluding carboxylic acids is 1. The van der Waals surface area contributed by atoms with Crippen molar-refractivity contribution in [2.24, 2.45) is 0 Å². The molecule has 0 aliphatic carbocycles. The van der Waals surface area contributed by atoms with Gasteiger partial charge in [-0.15, -0.1) is 0 Å². The minimum Gasteiger partial charge on any atom is -0.469 e. The van der Waals surface area contributed by atoms with E-state index >= 15 is 0 Å². The maximum atomic E-state index is 13.2. The minimum absolute atomic E-state index is 0.293. The van der Waals surface area contributed by atoms with E-state index in [0.717, 1.165) is 0 Å². The average molecular weight is 196 g/mol. The quantitative estimate of drug-likeness (QED) is 0.679. The summed E-state index contributed by atoms with van der Waals surface area (Å²) in [6.45, 7) is 3.37. The molecular formula is C11H13FO2. The van der Waals surface area contributed by atoms with E-state index in [1.165, 1.54) is 13.2 Å². The Hall–Kier alpha value is -1.38. The van der Waals surface area contributed by atoms with Gasteiger partial charge in [-0.25, -0.2) is 4.39 Å². The first-order chi connectivity index (χ1) is 6.56. The van der Waals surface area contributed by atoms with Crippen LogP contribution in [0, 0.1) is 12.7 Å². The monoisotopic (exact) mass is 196 g/mol. The van der Waals surface area contributed by atoms with Crippen LogP contribution in [0.4, 0.5) is 4.39 Å². The molecule has 0 bridgehead atoms. The number of rotatable bonds is 2. The lowest BCUT2D eigenvalue weighted by Crippen LogP contribution is -2.11. The van der Waals surface area contributed by atoms with Crippen molar-refractivity contribution < 1.29 is 13.9 Å². The Morgan fingerprint density at radius 3 is 2.64 bits per heavy atom. The summed E-state index contributed by atoms with van der Waals surface area (Å²) in [5.41, 5.74) is 1.21. The topological polar surface area (TPSA) is 26.3 Å². The second kappa shape index (κ2) is 4.22. The molecule has 0 aliphatic heterocycles. The first-order valence-electron chi connectivity index (χ1n) is 4.40. The average Bonchev–Trinajstić information content (AvgIpc) is 2.20. The van der Waals surface area contributed by atoms with Gasteiger partial charge >= 0.3 is 5.97 Å². The van der Waals surface area contributed by atoms with Crippen molar-refractivity contribution in [3.8, 4) is 0 Å². The smallest absolute Gasteiger partial charge is 0.312 e. The third-order valence-electron chi connectivity index (χ3n) is 2.25. The number of esters is 1. The maximum Gasteiger partial charge on any atom is 0.312 e. The third-order valence-corrected chi connectivity index (χ3v) is 2.25. The molecule has 14 heavy (non-hydrogen) atoms. The van der Waals surface area contributed by atoms with Crippen molar-refractivity contribution in [2.45, 2.75) is 19.8 Å². The fourth-order valence-corrected chi connectivity index (χ4v) is 1.19. The van der Waals surface area contributed by atoms with Crippen molar-refractivity contribution in [3.05, 3.63) is 35.1 Å². The van der Waals surface area contributed by atoms with Gasteiger partial charge in [0.2, 0.25) is 0 Å². The van der Waals surface area contributed by atoms with Crippen LogP contribution in [0.2, 0.25) is 0 Å². The Labute approximate surface area is 82.7 Å². The van der Waals surface area contributed by atoms with E-state index in [1.807, 2.05) is 0 Å². The first-order valence-corrected chi connectivity index (χ1v) is 4.40. The molecule has 0 aliphatic rings. The third kappa shape index (κ3) is 2.10. The highest BCUT2D eigenvalue weighted by atomic mass is 19.1. The fraction of sp³-hybridized carbons (Fsp3) is 0.364. The van der Waals surface area contributed by atoms with E-state index in [9.17, 15) is 9.18 Å². The Kier molecular flexibility index (Phi) is 3.23. The van der Waals surface area contributed by atoms with Crippen LogP contribution >= 0.6 is 0 Å². The van der Waals surface area contributed by atoms with E-state index in [0.29, 0.717) is 11.1 Å². The minimum atomic E-state index is -0.421. The summed E-state index contributed by atoms with van der Waals surface area (Å²) in [5.74, 6) is -1.07. The Balaban J connectivity index is 2.96. The maximum absolute atomic E-state index is 13.2. The summed E-state index contributed by atoms with van der Waals surface area (Å²) in [4.78, 5) is 11.2. The van der Waals surface area contributed by atoms with Gasteiger partial charge in [0.05, 0.1) is 13.0 Å². The van der Waals surface area contributed by atoms with Crippen LogP contribution in [-0.2, 0) is 9.53 Å². The Morgan fingerprint density at radius 1 is 1.50 bits per heavy atom. The van der Waals surface area contributed by atoms with Crippen molar-refractivity contribution >= 4 is 5.97 Å². The van der Waals surface area contributed by atoms with Crippen LogP contribution in [0.25, 0.3) is 0 Å². The Bertz CT molecular complexity index is 347. The number of methoxy groups -OCH3 is 1. The van der Waals surface area contributed by atoms with Crippen LogP contribution in [0.3, 0.4) is 0 Å². The summed E-state index contributed by atoms with van der Waals surface area (Å²) < 4.78 is 17.7. The molecule has 0 saturated heterocycles. The van der Waals surface area contributed by atoms with E-state index in [4.69, 9.17) is 0 Å². The number of halogens is 1. The van der Waals surface area contributed by atoms with Crippen LogP contribution in [0.15, 0.2) is 18.2 Å². The number of hydrogen-bond acceptors (Lipinski definition) is 2. The zero-order valence-corrected chi connectivity index (χ0v) is 8.50. The summed E-state index contributed by atoms with van der Waals surface area (Å²) in [6.07, 6.45) is 0. The van der Waals surface area contributed by atoms with Crippen LogP contribution in [-0.4, -0.2) is 13.1 Å². The number of carbonyl (C=O) groups is 1. The highest BCUT2D eigenvalue weighted by molar-refractivity contribution is 5.77. The molecule has 0 fully saturated rings. The van der Waals surface area contributed by atoms with Crippen LogP contribution in [0.5, 0.6) is 0 Å². The zero-order valence-electron chi connectivity index (χ0n) is 8.50. The Morgan fingerprint density at radius 2 is 2.14 bits per heavy atom. The van der Waals surface area contributed by atoms with Gasteiger partial charge in [-0.3, -0.25) is 4.79 Å². The lowest BCUT2D eigenvalue weighted by atomic mass is 10.00. The number of ether oxygens (including phenoxy) is 1. The normalized spacial score (nSPS) is 12.3. The first kappa shape index (κ1) is 10.7. The molecule has 1 aromatic rings. The van der Waals surface area contributed by atoms with Crippen molar-refractivity contribution in [3.63, 3.8) is 0 Å². The number of hydrogen-bond donors (Lipinski definition) is 0. The summed E-state index contributed by atoms with van der Waals surface area (Å²) in [6, 6.07) is 4.76. The molecule has 1 atom stereocenters. The predicted octanol–water partition coefficient (Wildman–Crippen LogP) is 2.41.